The van der Waals surface area contributed by atoms with Crippen LogP contribution in [-0.4, -0.2) is 92.2 Å². The number of rotatable bonds is 10. The number of carbonyl (C=O) groups excluding carboxylic acids is 3. The van der Waals surface area contributed by atoms with E-state index in [1.165, 1.54) is 38.3 Å². The number of H-pyrrole nitrogens is 1. The van der Waals surface area contributed by atoms with Crippen molar-refractivity contribution in [3.8, 4) is 0 Å². The number of carbonyl (C=O) groups is 3. The van der Waals surface area contributed by atoms with Crippen molar-refractivity contribution >= 4 is 34.0 Å². The Labute approximate surface area is 554 Å². The Hall–Kier alpha value is 0.363. The predicted octanol–water partition coefficient (Wildman–Crippen LogP) is 5.22. The van der Waals surface area contributed by atoms with E-state index in [0.717, 1.165) is 126 Å². The maximum Gasteiger partial charge on any atom is 1.00 e. The maximum atomic E-state index is 13.4. The zero-order valence-electron chi connectivity index (χ0n) is 53.5. The molecule has 0 bridgehead atoms. The zero-order chi connectivity index (χ0) is 61.0. The normalized spacial score (nSPS) is 39.9. The summed E-state index contributed by atoms with van der Waals surface area (Å²) in [7, 11) is 3.65. The Balaban J connectivity index is 0.000000637. The number of Topliss-reactive ketones (excluding diaryl/α,β-unsaturated/α-hetero) is 2. The molecule has 0 aromatic carbocycles. The molecule has 8 aliphatic rings. The third-order valence-electron chi connectivity index (χ3n) is 21.1. The zero-order valence-corrected chi connectivity index (χ0v) is 54.3. The van der Waals surface area contributed by atoms with Gasteiger partial charge in [-0.2, -0.15) is 36.5 Å². The van der Waals surface area contributed by atoms with Gasteiger partial charge in [0.15, 0.2) is 11.5 Å². The van der Waals surface area contributed by atoms with E-state index in [9.17, 15) is 46.1 Å². The van der Waals surface area contributed by atoms with Gasteiger partial charge in [-0.1, -0.05) is 29.8 Å². The van der Waals surface area contributed by atoms with Crippen LogP contribution in [0.3, 0.4) is 0 Å². The van der Waals surface area contributed by atoms with E-state index in [1.54, 1.807) is 12.2 Å². The number of alkyl halides is 7. The summed E-state index contributed by atoms with van der Waals surface area (Å²) < 4.78 is 116. The van der Waals surface area contributed by atoms with Crippen LogP contribution in [-0.2, 0) is 47.6 Å². The standard InChI is InChI=1S/C27H39F3N2O3.C23H37BrO3.C4H3F3N2.CH2O3.2K.3H2.H/c1-24(34)11-12-26(16-35-3)17(14-24)4-5-18-19-6-7-21(25(19,2)10-8-20(18)26)22(33)15-32-13-9-23(31-32)27(28,29)30;1-21(26)10-11-23(14-27-3)15(12-21)4-5-16-17-6-7-19(20(25)13-24)22(17,2)9-8-18(16)23;5-4(6,7)3-1-2-8-9-3;2-1-4-3;;;;;;/h9,13,17-21,34H,4-8,10-12,14-16H2,1-3H3;15-19,26H,4-14H2,1-3H3;1-2H,(H,8,9);1,3H;;;3*1H;/q;;;;2*+1;;;;-1/p-1/t17-,18+,19+,20+,21-,24-,25+,26-;15-,16+,17+,18+,19-,21-,22+,23-;;;;;;;;/m11......../s1/i;;;;;;3*1+1D;. The van der Waals surface area contributed by atoms with Gasteiger partial charge in [0.25, 0.3) is 6.47 Å². The van der Waals surface area contributed by atoms with Gasteiger partial charge >= 0.3 is 115 Å². The number of ether oxygens (including phenoxy) is 2. The minimum atomic E-state index is -4.50. The van der Waals surface area contributed by atoms with Gasteiger partial charge < -0.3 is 31.3 Å². The average molecular weight is 1230 g/mol. The summed E-state index contributed by atoms with van der Waals surface area (Å²) in [6.45, 7) is 9.99. The molecule has 3 N–H and O–H groups in total. The van der Waals surface area contributed by atoms with Crippen molar-refractivity contribution in [2.75, 3.05) is 32.8 Å². The summed E-state index contributed by atoms with van der Waals surface area (Å²) in [4.78, 5) is 37.2. The van der Waals surface area contributed by atoms with Gasteiger partial charge in [-0.3, -0.25) is 24.2 Å². The van der Waals surface area contributed by atoms with Gasteiger partial charge in [-0.25, -0.2) is 0 Å². The van der Waals surface area contributed by atoms with E-state index in [0.29, 0.717) is 52.5 Å². The minimum Gasteiger partial charge on any atom is -1.00 e. The number of fused-ring (bicyclic) bond motifs is 10. The molecule has 13 nitrogen and oxygen atoms in total. The molecule has 77 heavy (non-hydrogen) atoms. The molecule has 2 aromatic heterocycles. The molecule has 0 radical (unpaired) electrons. The number of hydrogen-bond donors (Lipinski definition) is 3. The molecule has 0 unspecified atom stereocenters. The van der Waals surface area contributed by atoms with Crippen LogP contribution in [0.5, 0.6) is 0 Å². The van der Waals surface area contributed by atoms with Gasteiger partial charge in [0, 0.05) is 47.4 Å². The van der Waals surface area contributed by atoms with Crippen LogP contribution in [0, 0.1) is 80.8 Å². The molecule has 0 aliphatic heterocycles. The van der Waals surface area contributed by atoms with Crippen molar-refractivity contribution in [1.29, 1.82) is 0 Å². The molecule has 16 atom stereocenters. The van der Waals surface area contributed by atoms with Crippen LogP contribution in [0.25, 0.3) is 0 Å². The first-order valence-corrected chi connectivity index (χ1v) is 28.2. The summed E-state index contributed by atoms with van der Waals surface area (Å²) in [5, 5.41) is 39.0. The van der Waals surface area contributed by atoms with E-state index in [1.807, 2.05) is 21.0 Å². The molecule has 2 aromatic rings. The Morgan fingerprint density at radius 2 is 1.22 bits per heavy atom. The third kappa shape index (κ3) is 14.4. The van der Waals surface area contributed by atoms with Gasteiger partial charge in [0.05, 0.1) is 36.3 Å². The molecule has 0 saturated heterocycles. The second-order valence-electron chi connectivity index (χ2n) is 25.0. The third-order valence-corrected chi connectivity index (χ3v) is 21.7. The van der Waals surface area contributed by atoms with Crippen LogP contribution in [0.1, 0.15) is 165 Å². The second-order valence-corrected chi connectivity index (χ2v) is 25.6. The Kier molecular flexibility index (Phi) is 22.4. The van der Waals surface area contributed by atoms with Crippen LogP contribution < -0.4 is 108 Å². The molecule has 22 heteroatoms. The fourth-order valence-corrected chi connectivity index (χ4v) is 18.4. The average Bonchev–Trinajstić information content (AvgIpc) is 4.43. The van der Waals surface area contributed by atoms with Gasteiger partial charge in [-0.05, 0) is 211 Å². The first-order valence-electron chi connectivity index (χ1n) is 30.1. The number of nitrogens with zero attached hydrogens (tertiary/aromatic N) is 3. The van der Waals surface area contributed by atoms with E-state index >= 15 is 0 Å². The quantitative estimate of drug-likeness (QED) is 0.0708. The summed E-state index contributed by atoms with van der Waals surface area (Å²) in [5.74, 6) is 5.32. The van der Waals surface area contributed by atoms with Crippen molar-refractivity contribution in [2.24, 2.45) is 80.8 Å². The molecular weight excluding hydrogens is 1130 g/mol. The van der Waals surface area contributed by atoms with E-state index in [4.69, 9.17) is 28.4 Å². The van der Waals surface area contributed by atoms with Gasteiger partial charge in [0.2, 0.25) is 0 Å². The monoisotopic (exact) mass is 1220 g/mol. The number of ketones is 2. The maximum absolute atomic E-state index is 13.4. The molecule has 0 spiro atoms. The topological polar surface area (TPSA) is 189 Å². The van der Waals surface area contributed by atoms with E-state index in [2.05, 4.69) is 44.9 Å². The number of hydrogen-bond acceptors (Lipinski definition) is 11. The second kappa shape index (κ2) is 27.2. The number of aromatic amines is 1. The van der Waals surface area contributed by atoms with Crippen LogP contribution in [0.4, 0.5) is 26.3 Å². The fourth-order valence-electron chi connectivity index (χ4n) is 18.0. The van der Waals surface area contributed by atoms with E-state index in [-0.39, 0.29) is 156 Å². The summed E-state index contributed by atoms with van der Waals surface area (Å²) in [6.07, 6.45) is 12.4. The minimum absolute atomic E-state index is 0. The number of aromatic nitrogens is 4. The number of methoxy groups -OCH3 is 2. The first-order chi connectivity index (χ1) is 38.2. The molecule has 8 aliphatic carbocycles. The summed E-state index contributed by atoms with van der Waals surface area (Å²) in [5.41, 5.74) is -2.42. The molecular formula is C55H87BrF6K2N4O9. The van der Waals surface area contributed by atoms with Crippen molar-refractivity contribution in [3.63, 3.8) is 0 Å². The Morgan fingerprint density at radius 3 is 1.58 bits per heavy atom. The van der Waals surface area contributed by atoms with Gasteiger partial charge in [0.1, 0.15) is 11.5 Å². The van der Waals surface area contributed by atoms with Gasteiger partial charge in [-0.15, -0.1) is 0 Å². The first kappa shape index (κ1) is 63.4. The van der Waals surface area contributed by atoms with Crippen molar-refractivity contribution in [1.82, 2.24) is 20.0 Å². The number of nitrogens with one attached hydrogen (secondary N) is 1. The summed E-state index contributed by atoms with van der Waals surface area (Å²) in [6, 6.07) is 1.81. The molecule has 8 saturated carbocycles. The smallest absolute Gasteiger partial charge is 1.00 e. The van der Waals surface area contributed by atoms with E-state index < -0.39 is 34.9 Å². The molecule has 8 fully saturated rings. The SMILES string of the molecule is COC[C@]12CC[C@@](C)(O)C[C@H]1CC[C@H]1[C@@H]3CC[C@H](C(=O)CBr)[C@@]3(C)CC[C@@H]12.COC[C@]12CC[C@@](C)(O)C[C@H]1CC[C@H]1[C@@H]3CC[C@H](C(=O)Cn4ccc(C(F)(F)F)n4)[C@@]3(C)CC[C@@H]12.FC(F)(F)c1ccn[nH]1.O=CO[O-].[2H][2H].[2H][2H].[2H][2H].[H-].[K+].[K+]. The van der Waals surface area contributed by atoms with Crippen molar-refractivity contribution < 1.29 is 184 Å². The molecule has 0 amide bonds. The van der Waals surface area contributed by atoms with Crippen molar-refractivity contribution in [3.05, 3.63) is 35.9 Å². The molecule has 2 heterocycles. The predicted molar refractivity (Wildman–Crippen MR) is 273 cm³/mol. The number of aliphatic hydroxyl groups is 2. The Morgan fingerprint density at radius 1 is 0.753 bits per heavy atom. The van der Waals surface area contributed by atoms with Crippen LogP contribution in [0.15, 0.2) is 24.5 Å². The number of halogens is 7. The van der Waals surface area contributed by atoms with Crippen LogP contribution in [0.2, 0.25) is 0 Å². The molecule has 432 valence electrons. The molecule has 10 rings (SSSR count). The largest absolute Gasteiger partial charge is 1.00 e. The Bertz CT molecular complexity index is 2290. The fraction of sp³-hybridized carbons (Fsp3) is 0.836. The van der Waals surface area contributed by atoms with Crippen molar-refractivity contribution in [2.45, 2.75) is 173 Å². The van der Waals surface area contributed by atoms with Crippen LogP contribution >= 0.6 is 15.9 Å². The summed E-state index contributed by atoms with van der Waals surface area (Å²) >= 11 is 3.43.